The van der Waals surface area contributed by atoms with Gasteiger partial charge < -0.3 is 19.1 Å². The maximum absolute atomic E-state index is 16.3. The summed E-state index contributed by atoms with van der Waals surface area (Å²) in [5.41, 5.74) is 0.456. The van der Waals surface area contributed by atoms with E-state index in [9.17, 15) is 14.4 Å². The van der Waals surface area contributed by atoms with Crippen LogP contribution in [-0.4, -0.2) is 58.6 Å². The number of hydrogen-bond acceptors (Lipinski definition) is 8. The van der Waals surface area contributed by atoms with Crippen LogP contribution in [0.3, 0.4) is 0 Å². The van der Waals surface area contributed by atoms with Crippen LogP contribution in [0.4, 0.5) is 4.39 Å². The van der Waals surface area contributed by atoms with Crippen LogP contribution in [0.2, 0.25) is 0 Å². The summed E-state index contributed by atoms with van der Waals surface area (Å²) < 4.78 is 35.7. The number of benzene rings is 2. The number of rotatable bonds is 5. The van der Waals surface area contributed by atoms with Crippen molar-refractivity contribution in [3.05, 3.63) is 93.2 Å². The van der Waals surface area contributed by atoms with Crippen LogP contribution < -0.4 is 15.2 Å². The van der Waals surface area contributed by atoms with E-state index in [2.05, 4.69) is 5.01 Å². The van der Waals surface area contributed by atoms with Crippen LogP contribution in [0.5, 0.6) is 5.75 Å². The van der Waals surface area contributed by atoms with Gasteiger partial charge in [0.25, 0.3) is 5.91 Å². The first-order chi connectivity index (χ1) is 22.1. The molecule has 0 unspecified atom stereocenters. The number of fused-ring (bicyclic) bond motifs is 6. The van der Waals surface area contributed by atoms with E-state index in [1.807, 2.05) is 30.3 Å². The van der Waals surface area contributed by atoms with Crippen molar-refractivity contribution in [1.82, 2.24) is 9.58 Å². The van der Waals surface area contributed by atoms with Gasteiger partial charge in [-0.2, -0.15) is 0 Å². The van der Waals surface area contributed by atoms with E-state index >= 15 is 4.39 Å². The SMILES string of the molecule is COC(C)(C)CC(=O)Oc1c2n(ccc1=O)N([C@@H]1c3ccccc3SCc3cccc(F)c31)[C@@H]1[C@H]3C[C@@H]4CC[C@@]3(CCN1C2=O)O4. The lowest BCUT2D eigenvalue weighted by Crippen LogP contribution is -2.70. The van der Waals surface area contributed by atoms with Crippen molar-refractivity contribution in [2.24, 2.45) is 5.92 Å². The van der Waals surface area contributed by atoms with Gasteiger partial charge in [0.05, 0.1) is 23.7 Å². The molecule has 11 heteroatoms. The van der Waals surface area contributed by atoms with Crippen molar-refractivity contribution in [3.63, 3.8) is 0 Å². The minimum Gasteiger partial charge on any atom is -0.420 e. The van der Waals surface area contributed by atoms with E-state index in [4.69, 9.17) is 14.2 Å². The molecule has 240 valence electrons. The molecule has 2 bridgehead atoms. The summed E-state index contributed by atoms with van der Waals surface area (Å²) in [6, 6.07) is 13.8. The summed E-state index contributed by atoms with van der Waals surface area (Å²) in [6.07, 6.45) is 4.40. The van der Waals surface area contributed by atoms with E-state index in [1.54, 1.807) is 47.4 Å². The number of hydrogen-bond donors (Lipinski definition) is 0. The van der Waals surface area contributed by atoms with E-state index < -0.39 is 35.1 Å². The van der Waals surface area contributed by atoms with Crippen molar-refractivity contribution in [1.29, 1.82) is 0 Å². The molecular weight excluding hydrogens is 609 g/mol. The Kier molecular flexibility index (Phi) is 6.90. The van der Waals surface area contributed by atoms with Crippen LogP contribution in [0.25, 0.3) is 0 Å². The number of ether oxygens (including phenoxy) is 3. The lowest BCUT2D eigenvalue weighted by atomic mass is 9.71. The fourth-order valence-electron chi connectivity index (χ4n) is 8.31. The number of esters is 1. The molecule has 9 nitrogen and oxygen atoms in total. The smallest absolute Gasteiger partial charge is 0.314 e. The van der Waals surface area contributed by atoms with Crippen molar-refractivity contribution >= 4 is 23.6 Å². The molecule has 6 heterocycles. The molecule has 0 N–H and O–H groups in total. The van der Waals surface area contributed by atoms with Crippen LogP contribution in [0, 0.1) is 11.7 Å². The van der Waals surface area contributed by atoms with Crippen molar-refractivity contribution in [3.8, 4) is 5.75 Å². The molecule has 8 rings (SSSR count). The number of pyridine rings is 1. The fraction of sp³-hybridized carbons (Fsp3) is 0.457. The summed E-state index contributed by atoms with van der Waals surface area (Å²) in [6.45, 7) is 3.88. The van der Waals surface area contributed by atoms with E-state index in [-0.39, 0.29) is 41.3 Å². The third kappa shape index (κ3) is 4.46. The van der Waals surface area contributed by atoms with Crippen molar-refractivity contribution in [2.45, 2.75) is 86.1 Å². The molecule has 0 radical (unpaired) electrons. The second-order valence-electron chi connectivity index (χ2n) is 13.6. The third-order valence-electron chi connectivity index (χ3n) is 10.6. The van der Waals surface area contributed by atoms with Crippen LogP contribution >= 0.6 is 11.8 Å². The zero-order valence-electron chi connectivity index (χ0n) is 26.0. The highest BCUT2D eigenvalue weighted by Crippen LogP contribution is 2.57. The topological polar surface area (TPSA) is 90.3 Å². The number of nitrogens with zero attached hydrogens (tertiary/aromatic N) is 3. The molecule has 2 aromatic carbocycles. The Labute approximate surface area is 270 Å². The average Bonchev–Trinajstić information content (AvgIpc) is 3.57. The van der Waals surface area contributed by atoms with Gasteiger partial charge in [0, 0.05) is 48.0 Å². The lowest BCUT2D eigenvalue weighted by molar-refractivity contribution is -0.139. The standard InChI is InChI=1S/C35H36FN3O6S/c1-34(2,43-3)18-27(41)44-31-25(40)12-15-38-30(31)33(42)37-16-14-35-13-11-21(45-35)17-23(35)32(37)39(38)29-22-8-4-5-10-26(22)46-19-20-7-6-9-24(36)28(20)29/h4-10,12,15,21,23,29,32H,11,13-14,16-19H2,1-3H3/t21-,23+,29+,32+,35-/m0/s1. The Bertz CT molecular complexity index is 1830. The number of aromatic nitrogens is 1. The number of piperidine rings is 1. The summed E-state index contributed by atoms with van der Waals surface area (Å²) in [7, 11) is 1.50. The van der Waals surface area contributed by atoms with Crippen LogP contribution in [-0.2, 0) is 20.0 Å². The van der Waals surface area contributed by atoms with E-state index in [0.29, 0.717) is 24.3 Å². The summed E-state index contributed by atoms with van der Waals surface area (Å²) in [5, 5.41) is 2.06. The quantitative estimate of drug-likeness (QED) is 0.352. The first kappa shape index (κ1) is 29.7. The molecule has 1 spiro atoms. The molecule has 5 aliphatic heterocycles. The highest BCUT2D eigenvalue weighted by molar-refractivity contribution is 7.98. The number of methoxy groups -OCH3 is 1. The fourth-order valence-corrected chi connectivity index (χ4v) is 9.39. The predicted molar refractivity (Wildman–Crippen MR) is 169 cm³/mol. The largest absolute Gasteiger partial charge is 0.420 e. The molecule has 0 saturated carbocycles. The minimum absolute atomic E-state index is 0.0386. The number of amides is 1. The predicted octanol–water partition coefficient (Wildman–Crippen LogP) is 5.16. The van der Waals surface area contributed by atoms with Crippen LogP contribution in [0.15, 0.2) is 64.4 Å². The number of carbonyl (C=O) groups is 2. The molecule has 46 heavy (non-hydrogen) atoms. The zero-order valence-corrected chi connectivity index (χ0v) is 26.8. The average molecular weight is 646 g/mol. The zero-order chi connectivity index (χ0) is 32.0. The summed E-state index contributed by atoms with van der Waals surface area (Å²) in [5.74, 6) is -1.21. The molecular formula is C35H36FN3O6S. The first-order valence-electron chi connectivity index (χ1n) is 15.9. The van der Waals surface area contributed by atoms with Gasteiger partial charge in [0.15, 0.2) is 5.69 Å². The molecule has 1 amide bonds. The maximum atomic E-state index is 16.3. The monoisotopic (exact) mass is 645 g/mol. The summed E-state index contributed by atoms with van der Waals surface area (Å²) >= 11 is 1.65. The molecule has 3 fully saturated rings. The Morgan fingerprint density at radius 1 is 1.13 bits per heavy atom. The van der Waals surface area contributed by atoms with Crippen LogP contribution in [0.1, 0.15) is 79.2 Å². The minimum atomic E-state index is -0.838. The molecule has 5 atom stereocenters. The Hall–Kier alpha value is -3.67. The number of carbonyl (C=O) groups excluding carboxylic acids is 2. The summed E-state index contributed by atoms with van der Waals surface area (Å²) in [4.78, 5) is 44.0. The highest BCUT2D eigenvalue weighted by atomic mass is 32.2. The van der Waals surface area contributed by atoms with Gasteiger partial charge in [-0.15, -0.1) is 11.8 Å². The molecule has 3 aromatic rings. The second-order valence-corrected chi connectivity index (χ2v) is 14.6. The van der Waals surface area contributed by atoms with Gasteiger partial charge >= 0.3 is 5.97 Å². The number of thioether (sulfide) groups is 1. The van der Waals surface area contributed by atoms with Gasteiger partial charge in [-0.1, -0.05) is 30.3 Å². The van der Waals surface area contributed by atoms with E-state index in [0.717, 1.165) is 35.3 Å². The van der Waals surface area contributed by atoms with Gasteiger partial charge in [0.1, 0.15) is 18.0 Å². The van der Waals surface area contributed by atoms with Crippen molar-refractivity contribution < 1.29 is 28.2 Å². The first-order valence-corrected chi connectivity index (χ1v) is 16.9. The lowest BCUT2D eigenvalue weighted by Gasteiger charge is -2.57. The second kappa shape index (κ2) is 10.7. The normalized spacial score (nSPS) is 27.7. The Balaban J connectivity index is 1.37. The molecule has 1 aromatic heterocycles. The van der Waals surface area contributed by atoms with Gasteiger partial charge in [0.2, 0.25) is 11.2 Å². The molecule has 5 aliphatic rings. The third-order valence-corrected chi connectivity index (χ3v) is 11.7. The highest BCUT2D eigenvalue weighted by Gasteiger charge is 2.63. The van der Waals surface area contributed by atoms with Gasteiger partial charge in [-0.3, -0.25) is 24.1 Å². The molecule has 3 saturated heterocycles. The van der Waals surface area contributed by atoms with Gasteiger partial charge in [-0.25, -0.2) is 4.39 Å². The maximum Gasteiger partial charge on any atom is 0.314 e. The van der Waals surface area contributed by atoms with Crippen molar-refractivity contribution in [2.75, 3.05) is 18.7 Å². The van der Waals surface area contributed by atoms with Gasteiger partial charge in [-0.05, 0) is 62.8 Å². The Morgan fingerprint density at radius 2 is 1.96 bits per heavy atom. The number of halogens is 1. The molecule has 0 aliphatic carbocycles. The van der Waals surface area contributed by atoms with E-state index in [1.165, 1.54) is 19.2 Å². The Morgan fingerprint density at radius 3 is 2.76 bits per heavy atom.